The Balaban J connectivity index is 2.61. The van der Waals surface area contributed by atoms with Crippen molar-refractivity contribution in [3.63, 3.8) is 0 Å². The molecule has 12 heavy (non-hydrogen) atoms. The van der Waals surface area contributed by atoms with Gasteiger partial charge in [-0.15, -0.1) is 4.52 Å². The quantitative estimate of drug-likeness (QED) is 0.461. The lowest BCUT2D eigenvalue weighted by Gasteiger charge is -1.93. The number of rotatable bonds is 0. The molecule has 58 valence electrons. The van der Waals surface area contributed by atoms with Gasteiger partial charge in [-0.25, -0.2) is 10.1 Å². The zero-order valence-electron chi connectivity index (χ0n) is 6.41. The zero-order valence-corrected chi connectivity index (χ0v) is 6.41. The summed E-state index contributed by atoms with van der Waals surface area (Å²) in [6.07, 6.45) is 3.93. The van der Waals surface area contributed by atoms with Gasteiger partial charge in [-0.1, -0.05) is 6.07 Å². The van der Waals surface area contributed by atoms with Crippen molar-refractivity contribution in [1.29, 1.82) is 0 Å². The summed E-state index contributed by atoms with van der Waals surface area (Å²) in [5.74, 6) is 0. The third-order valence-electron chi connectivity index (χ3n) is 2.13. The van der Waals surface area contributed by atoms with Crippen molar-refractivity contribution >= 4 is 5.65 Å². The van der Waals surface area contributed by atoms with Gasteiger partial charge in [0.1, 0.15) is 0 Å². The fourth-order valence-corrected chi connectivity index (χ4v) is 1.55. The maximum Gasteiger partial charge on any atom is 0.304 e. The average molecular weight is 158 g/mol. The van der Waals surface area contributed by atoms with Crippen LogP contribution in [-0.2, 0) is 0 Å². The summed E-state index contributed by atoms with van der Waals surface area (Å²) < 4.78 is 2.02. The van der Waals surface area contributed by atoms with Crippen LogP contribution in [0.25, 0.3) is 16.9 Å². The predicted octanol–water partition coefficient (Wildman–Crippen LogP) is 1.19. The molecule has 2 heterocycles. The van der Waals surface area contributed by atoms with Gasteiger partial charge in [0, 0.05) is 12.3 Å². The molecule has 2 aliphatic rings. The number of nitrogens with one attached hydrogen (secondary N) is 2. The Hall–Kier alpha value is -1.77. The molecule has 1 aromatic rings. The van der Waals surface area contributed by atoms with Crippen LogP contribution in [-0.4, -0.2) is 10.1 Å². The van der Waals surface area contributed by atoms with Crippen LogP contribution in [0.15, 0.2) is 36.7 Å². The summed E-state index contributed by atoms with van der Waals surface area (Å²) in [7, 11) is 0. The van der Waals surface area contributed by atoms with E-state index in [1.54, 1.807) is 0 Å². The molecule has 3 rings (SSSR count). The number of nitrogens with zero attached hydrogens (tertiary/aromatic N) is 1. The molecule has 0 unspecified atom stereocenters. The zero-order chi connectivity index (χ0) is 7.97. The number of aromatic nitrogens is 3. The van der Waals surface area contributed by atoms with Crippen molar-refractivity contribution in [2.24, 2.45) is 0 Å². The molecule has 0 saturated carbocycles. The summed E-state index contributed by atoms with van der Waals surface area (Å²) in [6, 6.07) is 8.23. The number of fused-ring (bicyclic) bond motifs is 3. The van der Waals surface area contributed by atoms with E-state index in [2.05, 4.69) is 22.2 Å². The van der Waals surface area contributed by atoms with Crippen molar-refractivity contribution in [3.8, 4) is 11.3 Å². The molecule has 0 amide bonds. The molecule has 0 aromatic carbocycles. The predicted molar refractivity (Wildman–Crippen MR) is 44.9 cm³/mol. The molecule has 0 fully saturated rings. The normalized spacial score (nSPS) is 11.3. The summed E-state index contributed by atoms with van der Waals surface area (Å²) in [5, 5.41) is 3.13. The van der Waals surface area contributed by atoms with Crippen LogP contribution < -0.4 is 4.52 Å². The first-order valence-electron chi connectivity index (χ1n) is 3.90. The first-order chi connectivity index (χ1) is 5.95. The molecule has 1 aliphatic carbocycles. The lowest BCUT2D eigenvalue weighted by molar-refractivity contribution is -0.567. The Labute approximate surface area is 69.0 Å². The van der Waals surface area contributed by atoms with Crippen LogP contribution >= 0.6 is 0 Å². The maximum absolute atomic E-state index is 3.19. The minimum atomic E-state index is 1.08. The van der Waals surface area contributed by atoms with Gasteiger partial charge in [-0.3, -0.25) is 0 Å². The van der Waals surface area contributed by atoms with Crippen LogP contribution in [0.2, 0.25) is 0 Å². The van der Waals surface area contributed by atoms with E-state index in [4.69, 9.17) is 0 Å². The highest BCUT2D eigenvalue weighted by molar-refractivity contribution is 5.59. The lowest BCUT2D eigenvalue weighted by atomic mass is 10.3. The Morgan fingerprint density at radius 2 is 2.17 bits per heavy atom. The van der Waals surface area contributed by atoms with E-state index in [0.717, 1.165) is 5.65 Å². The lowest BCUT2D eigenvalue weighted by Crippen LogP contribution is -2.26. The smallest absolute Gasteiger partial charge is 0.245 e. The second-order valence-corrected chi connectivity index (χ2v) is 2.84. The second kappa shape index (κ2) is 1.88. The second-order valence-electron chi connectivity index (χ2n) is 2.84. The van der Waals surface area contributed by atoms with Crippen molar-refractivity contribution in [1.82, 2.24) is 10.1 Å². The summed E-state index contributed by atoms with van der Waals surface area (Å²) in [5.41, 5.74) is 3.50. The van der Waals surface area contributed by atoms with Crippen LogP contribution in [0.4, 0.5) is 0 Å². The van der Waals surface area contributed by atoms with E-state index in [-0.39, 0.29) is 0 Å². The van der Waals surface area contributed by atoms with Crippen LogP contribution in [0, 0.1) is 0 Å². The van der Waals surface area contributed by atoms with E-state index in [1.165, 1.54) is 11.3 Å². The molecule has 0 saturated heterocycles. The molecule has 0 atom stereocenters. The number of hydrogen-bond acceptors (Lipinski definition) is 0. The van der Waals surface area contributed by atoms with E-state index < -0.39 is 0 Å². The highest BCUT2D eigenvalue weighted by Crippen LogP contribution is 2.16. The molecule has 0 radical (unpaired) electrons. The molecule has 0 spiro atoms. The monoisotopic (exact) mass is 158 g/mol. The van der Waals surface area contributed by atoms with Gasteiger partial charge in [-0.2, -0.15) is 0 Å². The van der Waals surface area contributed by atoms with Crippen molar-refractivity contribution in [2.75, 3.05) is 0 Å². The summed E-state index contributed by atoms with van der Waals surface area (Å²) in [6.45, 7) is 0. The van der Waals surface area contributed by atoms with E-state index in [0.29, 0.717) is 0 Å². The largest absolute Gasteiger partial charge is 0.304 e. The van der Waals surface area contributed by atoms with Gasteiger partial charge in [-0.05, 0) is 12.1 Å². The Morgan fingerprint density at radius 1 is 1.17 bits per heavy atom. The first-order valence-corrected chi connectivity index (χ1v) is 3.90. The third kappa shape index (κ3) is 0.580. The highest BCUT2D eigenvalue weighted by atomic mass is 15.2. The minimum Gasteiger partial charge on any atom is -0.245 e. The number of H-pyrrole nitrogens is 2. The van der Waals surface area contributed by atoms with Gasteiger partial charge in [0.15, 0.2) is 5.69 Å². The Kier molecular flexibility index (Phi) is 0.913. The van der Waals surface area contributed by atoms with Gasteiger partial charge < -0.3 is 0 Å². The van der Waals surface area contributed by atoms with Crippen LogP contribution in [0.1, 0.15) is 0 Å². The molecular weight excluding hydrogens is 150 g/mol. The fourth-order valence-electron chi connectivity index (χ4n) is 1.55. The third-order valence-corrected chi connectivity index (χ3v) is 2.13. The first kappa shape index (κ1) is 5.83. The maximum atomic E-state index is 3.19. The Bertz CT molecular complexity index is 491. The van der Waals surface area contributed by atoms with E-state index in [9.17, 15) is 0 Å². The van der Waals surface area contributed by atoms with Crippen LogP contribution in [0.3, 0.4) is 0 Å². The topological polar surface area (TPSA) is 35.7 Å². The summed E-state index contributed by atoms with van der Waals surface area (Å²) >= 11 is 0. The molecule has 0 bridgehead atoms. The number of aromatic amines is 2. The highest BCUT2D eigenvalue weighted by Gasteiger charge is 2.12. The fraction of sp³-hybridized carbons (Fsp3) is 0. The van der Waals surface area contributed by atoms with Crippen molar-refractivity contribution < 1.29 is 4.52 Å². The molecule has 3 nitrogen and oxygen atoms in total. The van der Waals surface area contributed by atoms with Gasteiger partial charge in [0.25, 0.3) is 0 Å². The molecule has 1 aromatic heterocycles. The molecular formula is C9H8N3+. The van der Waals surface area contributed by atoms with Gasteiger partial charge >= 0.3 is 5.65 Å². The SMILES string of the molecule is c1cc2c[nH]c3cc[nH][n+]3c-2c1. The van der Waals surface area contributed by atoms with Gasteiger partial charge in [0.05, 0.1) is 11.8 Å². The van der Waals surface area contributed by atoms with Gasteiger partial charge in [0.2, 0.25) is 0 Å². The molecule has 3 heteroatoms. The summed E-state index contributed by atoms with van der Waals surface area (Å²) in [4.78, 5) is 3.19. The van der Waals surface area contributed by atoms with E-state index >= 15 is 0 Å². The molecule has 2 N–H and O–H groups in total. The minimum absolute atomic E-state index is 1.08. The average Bonchev–Trinajstić information content (AvgIpc) is 2.71. The van der Waals surface area contributed by atoms with Crippen molar-refractivity contribution in [2.45, 2.75) is 0 Å². The van der Waals surface area contributed by atoms with E-state index in [1.807, 2.05) is 29.0 Å². The van der Waals surface area contributed by atoms with Crippen molar-refractivity contribution in [3.05, 3.63) is 36.7 Å². The standard InChI is InChI=1S/C9H7N3/c1-2-7-6-10-9-4-5-11-12(9)8(7)3-1/h1-6H,(H,10,11)/p+1. The Morgan fingerprint density at radius 3 is 3.17 bits per heavy atom. The molecule has 1 aliphatic heterocycles. The number of hydrogen-bond donors (Lipinski definition) is 2. The van der Waals surface area contributed by atoms with Crippen LogP contribution in [0.5, 0.6) is 0 Å².